The van der Waals surface area contributed by atoms with Crippen molar-refractivity contribution in [2.45, 2.75) is 20.3 Å². The fraction of sp³-hybridized carbons (Fsp3) is 0.0816. The number of para-hydroxylation sites is 1. The molecular formula is C49H35N3O2. The summed E-state index contributed by atoms with van der Waals surface area (Å²) in [6, 6.07) is 39.8. The van der Waals surface area contributed by atoms with Crippen LogP contribution in [0, 0.1) is 5.92 Å². The van der Waals surface area contributed by atoms with E-state index in [2.05, 4.69) is 122 Å². The molecule has 0 aliphatic heterocycles. The zero-order chi connectivity index (χ0) is 36.2. The number of furan rings is 2. The molecule has 0 spiro atoms. The summed E-state index contributed by atoms with van der Waals surface area (Å²) in [7, 11) is 0. The van der Waals surface area contributed by atoms with Crippen molar-refractivity contribution < 1.29 is 8.83 Å². The molecule has 54 heavy (non-hydrogen) atoms. The first-order valence-corrected chi connectivity index (χ1v) is 18.5. The molecule has 9 aromatic rings. The summed E-state index contributed by atoms with van der Waals surface area (Å²) >= 11 is 0. The molecule has 0 saturated carbocycles. The smallest absolute Gasteiger partial charge is 0.164 e. The number of rotatable bonds is 6. The van der Waals surface area contributed by atoms with Crippen LogP contribution in [0.3, 0.4) is 0 Å². The minimum absolute atomic E-state index is 0.267. The lowest BCUT2D eigenvalue weighted by molar-refractivity contribution is 0.669. The summed E-state index contributed by atoms with van der Waals surface area (Å²) in [6.45, 7) is 4.25. The van der Waals surface area contributed by atoms with Crippen LogP contribution in [0.25, 0.3) is 100 Å². The summed E-state index contributed by atoms with van der Waals surface area (Å²) < 4.78 is 12.8. The van der Waals surface area contributed by atoms with Gasteiger partial charge in [-0.2, -0.15) is 0 Å². The number of nitrogens with zero attached hydrogens (tertiary/aromatic N) is 3. The van der Waals surface area contributed by atoms with Gasteiger partial charge in [0.05, 0.1) is 0 Å². The molecule has 1 aliphatic rings. The van der Waals surface area contributed by atoms with E-state index in [4.69, 9.17) is 23.8 Å². The van der Waals surface area contributed by atoms with Crippen LogP contribution in [-0.4, -0.2) is 15.0 Å². The lowest BCUT2D eigenvalue weighted by atomic mass is 9.92. The third-order valence-electron chi connectivity index (χ3n) is 10.6. The average molecular weight is 698 g/mol. The van der Waals surface area contributed by atoms with E-state index in [0.29, 0.717) is 17.5 Å². The molecule has 0 bridgehead atoms. The summed E-state index contributed by atoms with van der Waals surface area (Å²) in [6.07, 6.45) is 15.7. The molecule has 10 rings (SSSR count). The Bertz CT molecular complexity index is 3060. The summed E-state index contributed by atoms with van der Waals surface area (Å²) in [5, 5.41) is 6.41. The fourth-order valence-corrected chi connectivity index (χ4v) is 7.92. The first-order chi connectivity index (χ1) is 26.6. The average Bonchev–Trinajstić information content (AvgIpc) is 3.79. The summed E-state index contributed by atoms with van der Waals surface area (Å²) in [5.41, 5.74) is 9.63. The first-order valence-electron chi connectivity index (χ1n) is 18.5. The van der Waals surface area contributed by atoms with Crippen molar-refractivity contribution in [3.8, 4) is 33.9 Å². The first kappa shape index (κ1) is 31.9. The highest BCUT2D eigenvalue weighted by atomic mass is 16.3. The van der Waals surface area contributed by atoms with Crippen LogP contribution >= 0.6 is 0 Å². The molecule has 3 heterocycles. The largest absolute Gasteiger partial charge is 0.456 e. The number of allylic oxidation sites excluding steroid dienone is 7. The van der Waals surface area contributed by atoms with E-state index in [1.807, 2.05) is 49.4 Å². The summed E-state index contributed by atoms with van der Waals surface area (Å²) in [5.74, 6) is 2.21. The van der Waals surface area contributed by atoms with E-state index in [1.54, 1.807) is 0 Å². The number of benzene rings is 6. The maximum absolute atomic E-state index is 6.52. The van der Waals surface area contributed by atoms with E-state index in [-0.39, 0.29) is 5.92 Å². The Morgan fingerprint density at radius 1 is 0.574 bits per heavy atom. The molecule has 0 fully saturated rings. The van der Waals surface area contributed by atoms with E-state index in [9.17, 15) is 0 Å². The van der Waals surface area contributed by atoms with Gasteiger partial charge in [-0.3, -0.25) is 0 Å². The lowest BCUT2D eigenvalue weighted by Crippen LogP contribution is -2.08. The highest BCUT2D eigenvalue weighted by molar-refractivity contribution is 6.16. The molecule has 0 saturated heterocycles. The molecule has 0 radical (unpaired) electrons. The van der Waals surface area contributed by atoms with E-state index >= 15 is 0 Å². The van der Waals surface area contributed by atoms with Crippen molar-refractivity contribution in [3.05, 3.63) is 163 Å². The Labute approximate surface area is 312 Å². The molecular weight excluding hydrogens is 663 g/mol. The van der Waals surface area contributed by atoms with Gasteiger partial charge in [-0.15, -0.1) is 0 Å². The van der Waals surface area contributed by atoms with Gasteiger partial charge in [0.1, 0.15) is 22.3 Å². The van der Waals surface area contributed by atoms with Gasteiger partial charge in [0.25, 0.3) is 0 Å². The molecule has 0 amide bonds. The molecule has 1 aliphatic carbocycles. The highest BCUT2D eigenvalue weighted by Crippen LogP contribution is 2.42. The monoisotopic (exact) mass is 697 g/mol. The number of hydrogen-bond donors (Lipinski definition) is 0. The Balaban J connectivity index is 1.20. The molecule has 1 atom stereocenters. The maximum Gasteiger partial charge on any atom is 0.164 e. The van der Waals surface area contributed by atoms with Crippen LogP contribution in [0.5, 0.6) is 0 Å². The Kier molecular flexibility index (Phi) is 7.65. The minimum atomic E-state index is 0.267. The number of fused-ring (bicyclic) bond motifs is 7. The van der Waals surface area contributed by atoms with E-state index < -0.39 is 0 Å². The zero-order valence-corrected chi connectivity index (χ0v) is 30.0. The molecule has 5 heteroatoms. The van der Waals surface area contributed by atoms with Crippen LogP contribution in [0.15, 0.2) is 161 Å². The quantitative estimate of drug-likeness (QED) is 0.162. The Morgan fingerprint density at radius 3 is 2.04 bits per heavy atom. The van der Waals surface area contributed by atoms with Gasteiger partial charge < -0.3 is 8.83 Å². The second kappa shape index (κ2) is 13.0. The maximum atomic E-state index is 6.52. The molecule has 5 nitrogen and oxygen atoms in total. The SMILES string of the molecule is C/C=C\C=C/c1ccc(-c2nc(C3=CC=CCC3C)nc(-c3cccc4oc5ccc(-c6cccc7oc8ccccc8c67)cc5c34)n2)c2ccccc12. The van der Waals surface area contributed by atoms with Gasteiger partial charge in [-0.05, 0) is 83.1 Å². The van der Waals surface area contributed by atoms with Crippen molar-refractivity contribution >= 4 is 66.3 Å². The van der Waals surface area contributed by atoms with E-state index in [0.717, 1.165) is 94.5 Å². The number of aromatic nitrogens is 3. The van der Waals surface area contributed by atoms with Gasteiger partial charge in [0.2, 0.25) is 0 Å². The van der Waals surface area contributed by atoms with Crippen molar-refractivity contribution in [3.63, 3.8) is 0 Å². The standard InChI is InChI=1S/C49H35N3O2/c1-3-4-5-15-31-25-27-37(36-18-9-8-17-34(31)36)48-50-47(33-16-7-6-14-30(33)2)51-49(52-48)39-21-13-24-44-46(39)40-29-32(26-28-42(40)54-44)35-20-12-23-43-45(35)38-19-10-11-22-41(38)53-43/h3-13,15-30H,14H2,1-2H3/b4-3-,15-5-. The zero-order valence-electron chi connectivity index (χ0n) is 30.0. The van der Waals surface area contributed by atoms with Gasteiger partial charge >= 0.3 is 0 Å². The van der Waals surface area contributed by atoms with Gasteiger partial charge in [-0.25, -0.2) is 15.0 Å². The van der Waals surface area contributed by atoms with E-state index in [1.165, 1.54) is 0 Å². The third-order valence-corrected chi connectivity index (χ3v) is 10.6. The topological polar surface area (TPSA) is 65.0 Å². The summed E-state index contributed by atoms with van der Waals surface area (Å²) in [4.78, 5) is 15.7. The molecule has 1 unspecified atom stereocenters. The second-order valence-corrected chi connectivity index (χ2v) is 13.9. The van der Waals surface area contributed by atoms with Crippen molar-refractivity contribution in [1.29, 1.82) is 0 Å². The van der Waals surface area contributed by atoms with Gasteiger partial charge in [0, 0.05) is 38.2 Å². The van der Waals surface area contributed by atoms with Crippen LogP contribution in [-0.2, 0) is 0 Å². The van der Waals surface area contributed by atoms with Gasteiger partial charge in [0.15, 0.2) is 17.5 Å². The molecule has 258 valence electrons. The van der Waals surface area contributed by atoms with Crippen LogP contribution in [0.2, 0.25) is 0 Å². The van der Waals surface area contributed by atoms with Crippen LogP contribution in [0.1, 0.15) is 31.7 Å². The van der Waals surface area contributed by atoms with Gasteiger partial charge in [-0.1, -0.05) is 128 Å². The third kappa shape index (κ3) is 5.28. The van der Waals surface area contributed by atoms with Crippen molar-refractivity contribution in [2.24, 2.45) is 5.92 Å². The predicted octanol–water partition coefficient (Wildman–Crippen LogP) is 13.4. The molecule has 6 aromatic carbocycles. The second-order valence-electron chi connectivity index (χ2n) is 13.9. The Morgan fingerprint density at radius 2 is 1.24 bits per heavy atom. The van der Waals surface area contributed by atoms with Crippen molar-refractivity contribution in [1.82, 2.24) is 15.0 Å². The highest BCUT2D eigenvalue weighted by Gasteiger charge is 2.22. The number of hydrogen-bond acceptors (Lipinski definition) is 5. The van der Waals surface area contributed by atoms with Crippen LogP contribution < -0.4 is 0 Å². The normalized spacial score (nSPS) is 14.9. The lowest BCUT2D eigenvalue weighted by Gasteiger charge is -2.18. The minimum Gasteiger partial charge on any atom is -0.456 e. The Hall–Kier alpha value is -6.85. The predicted molar refractivity (Wildman–Crippen MR) is 223 cm³/mol. The molecule has 0 N–H and O–H groups in total. The van der Waals surface area contributed by atoms with Crippen LogP contribution in [0.4, 0.5) is 0 Å². The fourth-order valence-electron chi connectivity index (χ4n) is 7.92. The molecule has 3 aromatic heterocycles. The van der Waals surface area contributed by atoms with Crippen molar-refractivity contribution in [2.75, 3.05) is 0 Å².